The Hall–Kier alpha value is -1.76. The topological polar surface area (TPSA) is 80.5 Å². The monoisotopic (exact) mass is 333 g/mol. The average Bonchev–Trinajstić information content (AvgIpc) is 3.09. The Labute approximate surface area is 137 Å². The summed E-state index contributed by atoms with van der Waals surface area (Å²) in [5.41, 5.74) is 7.66. The predicted molar refractivity (Wildman–Crippen MR) is 89.2 cm³/mol. The maximum absolute atomic E-state index is 5.89. The Morgan fingerprint density at radius 2 is 2.00 bits per heavy atom. The molecule has 0 aliphatic heterocycles. The lowest BCUT2D eigenvalue weighted by Gasteiger charge is -1.97. The summed E-state index contributed by atoms with van der Waals surface area (Å²) < 4.78 is 0. The summed E-state index contributed by atoms with van der Waals surface area (Å²) in [5.74, 6) is 1.52. The van der Waals surface area contributed by atoms with Gasteiger partial charge in [-0.2, -0.15) is 5.10 Å². The molecule has 0 saturated heterocycles. The average molecular weight is 334 g/mol. The van der Waals surface area contributed by atoms with E-state index < -0.39 is 0 Å². The minimum atomic E-state index is 0.599. The van der Waals surface area contributed by atoms with Crippen LogP contribution < -0.4 is 5.73 Å². The Bertz CT molecular complexity index is 763. The number of aromatic amines is 1. The number of nitrogens with zero attached hydrogens (tertiary/aromatic N) is 3. The Balaban J connectivity index is 1.80. The molecule has 0 bridgehead atoms. The van der Waals surface area contributed by atoms with Gasteiger partial charge in [-0.05, 0) is 31.2 Å². The lowest BCUT2D eigenvalue weighted by atomic mass is 10.1. The molecule has 0 unspecified atom stereocenters. The highest BCUT2D eigenvalue weighted by atomic mass is 35.5. The van der Waals surface area contributed by atoms with E-state index in [9.17, 15) is 0 Å². The minimum Gasteiger partial charge on any atom is -0.330 e. The summed E-state index contributed by atoms with van der Waals surface area (Å²) in [6.07, 6.45) is 1.48. The maximum atomic E-state index is 5.89. The quantitative estimate of drug-likeness (QED) is 0.752. The van der Waals surface area contributed by atoms with Crippen LogP contribution >= 0.6 is 22.9 Å². The fourth-order valence-electron chi connectivity index (χ4n) is 2.16. The molecule has 114 valence electrons. The first-order valence-corrected chi connectivity index (χ1v) is 8.17. The second kappa shape index (κ2) is 6.56. The van der Waals surface area contributed by atoms with Crippen molar-refractivity contribution in [1.82, 2.24) is 20.2 Å². The van der Waals surface area contributed by atoms with Crippen molar-refractivity contribution in [1.29, 1.82) is 0 Å². The smallest absolute Gasteiger partial charge is 0.193 e. The fourth-order valence-corrected chi connectivity index (χ4v) is 3.30. The molecule has 2 aromatic heterocycles. The highest BCUT2D eigenvalue weighted by Crippen LogP contribution is 2.27. The third-order valence-electron chi connectivity index (χ3n) is 3.22. The summed E-state index contributed by atoms with van der Waals surface area (Å²) in [5, 5.41) is 9.07. The van der Waals surface area contributed by atoms with E-state index in [1.807, 2.05) is 31.2 Å². The Morgan fingerprint density at radius 3 is 2.73 bits per heavy atom. The third kappa shape index (κ3) is 3.35. The van der Waals surface area contributed by atoms with Crippen LogP contribution in [-0.4, -0.2) is 26.7 Å². The van der Waals surface area contributed by atoms with Gasteiger partial charge in [-0.3, -0.25) is 5.10 Å². The van der Waals surface area contributed by atoms with Crippen LogP contribution in [0, 0.1) is 6.92 Å². The van der Waals surface area contributed by atoms with E-state index in [4.69, 9.17) is 17.3 Å². The zero-order chi connectivity index (χ0) is 15.5. The van der Waals surface area contributed by atoms with E-state index in [0.29, 0.717) is 18.8 Å². The van der Waals surface area contributed by atoms with Crippen molar-refractivity contribution in [3.8, 4) is 10.7 Å². The molecular formula is C15H16ClN5S. The van der Waals surface area contributed by atoms with Gasteiger partial charge in [0, 0.05) is 17.9 Å². The van der Waals surface area contributed by atoms with Crippen molar-refractivity contribution in [3.05, 3.63) is 51.4 Å². The van der Waals surface area contributed by atoms with Crippen LogP contribution in [0.5, 0.6) is 0 Å². The lowest BCUT2D eigenvalue weighted by molar-refractivity contribution is 0.945. The summed E-state index contributed by atoms with van der Waals surface area (Å²) in [6, 6.07) is 7.73. The number of H-pyrrole nitrogens is 1. The lowest BCUT2D eigenvalue weighted by Crippen LogP contribution is -2.01. The minimum absolute atomic E-state index is 0.599. The zero-order valence-corrected chi connectivity index (χ0v) is 13.7. The van der Waals surface area contributed by atoms with Crippen molar-refractivity contribution in [2.45, 2.75) is 19.8 Å². The van der Waals surface area contributed by atoms with E-state index in [1.165, 1.54) is 0 Å². The van der Waals surface area contributed by atoms with Crippen molar-refractivity contribution in [2.24, 2.45) is 5.73 Å². The number of rotatable bonds is 5. The molecule has 5 nitrogen and oxygen atoms in total. The van der Waals surface area contributed by atoms with E-state index in [-0.39, 0.29) is 0 Å². The van der Waals surface area contributed by atoms with Gasteiger partial charge in [0.2, 0.25) is 0 Å². The number of halogens is 1. The third-order valence-corrected chi connectivity index (χ3v) is 4.68. The van der Waals surface area contributed by atoms with Gasteiger partial charge in [-0.15, -0.1) is 11.3 Å². The molecule has 22 heavy (non-hydrogen) atoms. The summed E-state index contributed by atoms with van der Waals surface area (Å²) in [7, 11) is 0. The standard InChI is InChI=1S/C15H16ClN5S/c1-9-14(22-13(18-9)6-7-17)15-19-12(20-21-15)8-10-2-4-11(16)5-3-10/h2-5H,6-8,17H2,1H3,(H,19,20,21). The van der Waals surface area contributed by atoms with Crippen LogP contribution in [0.3, 0.4) is 0 Å². The molecule has 3 rings (SSSR count). The van der Waals surface area contributed by atoms with E-state index in [2.05, 4.69) is 20.2 Å². The first-order valence-electron chi connectivity index (χ1n) is 6.98. The van der Waals surface area contributed by atoms with Crippen LogP contribution in [0.15, 0.2) is 24.3 Å². The van der Waals surface area contributed by atoms with Gasteiger partial charge in [-0.1, -0.05) is 23.7 Å². The number of aryl methyl sites for hydroxylation is 1. The normalized spacial score (nSPS) is 11.0. The molecule has 0 atom stereocenters. The van der Waals surface area contributed by atoms with Crippen LogP contribution in [0.4, 0.5) is 0 Å². The molecule has 0 spiro atoms. The van der Waals surface area contributed by atoms with Gasteiger partial charge >= 0.3 is 0 Å². The van der Waals surface area contributed by atoms with Gasteiger partial charge in [0.05, 0.1) is 15.6 Å². The Kier molecular flexibility index (Phi) is 4.52. The molecule has 0 amide bonds. The molecule has 3 N–H and O–H groups in total. The number of nitrogens with two attached hydrogens (primary N) is 1. The van der Waals surface area contributed by atoms with E-state index in [0.717, 1.165) is 38.4 Å². The van der Waals surface area contributed by atoms with Crippen LogP contribution in [-0.2, 0) is 12.8 Å². The molecule has 0 saturated carbocycles. The maximum Gasteiger partial charge on any atom is 0.193 e. The van der Waals surface area contributed by atoms with Crippen LogP contribution in [0.25, 0.3) is 10.7 Å². The predicted octanol–water partition coefficient (Wildman–Crippen LogP) is 2.98. The van der Waals surface area contributed by atoms with E-state index >= 15 is 0 Å². The molecule has 7 heteroatoms. The van der Waals surface area contributed by atoms with Gasteiger partial charge in [0.15, 0.2) is 5.82 Å². The molecule has 0 fully saturated rings. The van der Waals surface area contributed by atoms with Gasteiger partial charge in [-0.25, -0.2) is 9.97 Å². The zero-order valence-electron chi connectivity index (χ0n) is 12.1. The first-order chi connectivity index (χ1) is 10.7. The van der Waals surface area contributed by atoms with Gasteiger partial charge < -0.3 is 5.73 Å². The molecule has 0 aliphatic carbocycles. The van der Waals surface area contributed by atoms with Crippen molar-refractivity contribution in [2.75, 3.05) is 6.54 Å². The van der Waals surface area contributed by atoms with E-state index in [1.54, 1.807) is 11.3 Å². The van der Waals surface area contributed by atoms with Crippen molar-refractivity contribution in [3.63, 3.8) is 0 Å². The van der Waals surface area contributed by atoms with Crippen molar-refractivity contribution < 1.29 is 0 Å². The molecule has 3 aromatic rings. The SMILES string of the molecule is Cc1nc(CCN)sc1-c1n[nH]c(Cc2ccc(Cl)cc2)n1. The molecule has 1 aromatic carbocycles. The van der Waals surface area contributed by atoms with Gasteiger partial charge in [0.25, 0.3) is 0 Å². The molecule has 2 heterocycles. The second-order valence-corrected chi connectivity index (χ2v) is 6.49. The fraction of sp³-hybridized carbons (Fsp3) is 0.267. The van der Waals surface area contributed by atoms with Gasteiger partial charge in [0.1, 0.15) is 5.82 Å². The number of hydrogen-bond acceptors (Lipinski definition) is 5. The molecule has 0 aliphatic rings. The summed E-state index contributed by atoms with van der Waals surface area (Å²) in [6.45, 7) is 2.57. The number of aromatic nitrogens is 4. The largest absolute Gasteiger partial charge is 0.330 e. The molecule has 0 radical (unpaired) electrons. The summed E-state index contributed by atoms with van der Waals surface area (Å²) >= 11 is 7.50. The van der Waals surface area contributed by atoms with Crippen molar-refractivity contribution >= 4 is 22.9 Å². The van der Waals surface area contributed by atoms with Crippen LogP contribution in [0.1, 0.15) is 22.1 Å². The number of hydrogen-bond donors (Lipinski definition) is 2. The first kappa shape index (κ1) is 15.1. The number of thiazole rings is 1. The highest BCUT2D eigenvalue weighted by Gasteiger charge is 2.14. The highest BCUT2D eigenvalue weighted by molar-refractivity contribution is 7.15. The Morgan fingerprint density at radius 1 is 1.23 bits per heavy atom. The number of benzene rings is 1. The number of nitrogens with one attached hydrogen (secondary N) is 1. The van der Waals surface area contributed by atoms with Crippen LogP contribution in [0.2, 0.25) is 5.02 Å². The summed E-state index contributed by atoms with van der Waals surface area (Å²) in [4.78, 5) is 10.1. The molecular weight excluding hydrogens is 318 g/mol. The second-order valence-electron chi connectivity index (χ2n) is 4.97.